The molecule has 3 N–H and O–H groups in total. The topological polar surface area (TPSA) is 59.1 Å². The molecule has 0 saturated heterocycles. The van der Waals surface area contributed by atoms with Crippen LogP contribution in [-0.4, -0.2) is 12.4 Å². The zero-order valence-electron chi connectivity index (χ0n) is 10.9. The maximum absolute atomic E-state index is 13.9. The summed E-state index contributed by atoms with van der Waals surface area (Å²) in [5.74, 6) is -4.69. The summed E-state index contributed by atoms with van der Waals surface area (Å²) < 4.78 is 46.3. The van der Waals surface area contributed by atoms with E-state index in [9.17, 15) is 13.2 Å². The van der Waals surface area contributed by atoms with Crippen LogP contribution in [0.5, 0.6) is 5.75 Å². The molecule has 21 heavy (non-hydrogen) atoms. The van der Waals surface area contributed by atoms with Crippen LogP contribution in [0.15, 0.2) is 48.5 Å². The molecule has 110 valence electrons. The first-order chi connectivity index (χ1) is 9.90. The van der Waals surface area contributed by atoms with Crippen LogP contribution in [0.3, 0.4) is 0 Å². The molecule has 0 unspecified atom stereocenters. The Balaban J connectivity index is 2.11. The van der Waals surface area contributed by atoms with E-state index in [4.69, 9.17) is 15.9 Å². The molecule has 2 aromatic rings. The monoisotopic (exact) mass is 294 g/mol. The van der Waals surface area contributed by atoms with Crippen LogP contribution in [0.2, 0.25) is 0 Å². The van der Waals surface area contributed by atoms with E-state index in [-0.39, 0.29) is 22.7 Å². The van der Waals surface area contributed by atoms with Gasteiger partial charge in [0.25, 0.3) is 0 Å². The van der Waals surface area contributed by atoms with E-state index in [0.29, 0.717) is 0 Å². The summed E-state index contributed by atoms with van der Waals surface area (Å²) in [7, 11) is 0. The summed E-state index contributed by atoms with van der Waals surface area (Å²) in [6.07, 6.45) is 0. The number of benzene rings is 2. The normalized spacial score (nSPS) is 11.2. The fourth-order valence-corrected chi connectivity index (χ4v) is 1.72. The van der Waals surface area contributed by atoms with E-state index in [1.165, 1.54) is 36.4 Å². The molecular formula is C15H13F3N2O. The molecule has 0 atom stereocenters. The number of rotatable bonds is 5. The van der Waals surface area contributed by atoms with Gasteiger partial charge in [-0.2, -0.15) is 8.78 Å². The van der Waals surface area contributed by atoms with Crippen molar-refractivity contribution >= 4 is 5.84 Å². The average molecular weight is 294 g/mol. The molecule has 0 aromatic heterocycles. The van der Waals surface area contributed by atoms with Crippen molar-refractivity contribution in [1.29, 1.82) is 5.41 Å². The van der Waals surface area contributed by atoms with Crippen LogP contribution in [0.1, 0.15) is 11.1 Å². The highest BCUT2D eigenvalue weighted by molar-refractivity contribution is 5.95. The Morgan fingerprint density at radius 2 is 1.81 bits per heavy atom. The van der Waals surface area contributed by atoms with Crippen LogP contribution in [0, 0.1) is 11.2 Å². The molecule has 0 aliphatic heterocycles. The van der Waals surface area contributed by atoms with Crippen molar-refractivity contribution in [1.82, 2.24) is 0 Å². The van der Waals surface area contributed by atoms with E-state index in [1.807, 2.05) is 0 Å². The molecule has 6 heteroatoms. The molecule has 0 bridgehead atoms. The van der Waals surface area contributed by atoms with Gasteiger partial charge in [-0.3, -0.25) is 5.41 Å². The Bertz CT molecular complexity index is 645. The molecule has 0 amide bonds. The zero-order chi connectivity index (χ0) is 15.5. The van der Waals surface area contributed by atoms with Gasteiger partial charge in [-0.25, -0.2) is 4.39 Å². The van der Waals surface area contributed by atoms with Crippen molar-refractivity contribution in [2.45, 2.75) is 5.92 Å². The summed E-state index contributed by atoms with van der Waals surface area (Å²) >= 11 is 0. The predicted molar refractivity (Wildman–Crippen MR) is 73.2 cm³/mol. The first kappa shape index (κ1) is 14.9. The molecule has 0 fully saturated rings. The SMILES string of the molecule is N=C(N)c1ccc(OCC(F)(F)c2ccccc2)c(F)c1. The molecule has 0 aliphatic carbocycles. The van der Waals surface area contributed by atoms with E-state index in [1.54, 1.807) is 6.07 Å². The second kappa shape index (κ2) is 5.87. The quantitative estimate of drug-likeness (QED) is 0.656. The Morgan fingerprint density at radius 3 is 2.38 bits per heavy atom. The van der Waals surface area contributed by atoms with Crippen LogP contribution in [-0.2, 0) is 5.92 Å². The lowest BCUT2D eigenvalue weighted by molar-refractivity contribution is -0.0475. The van der Waals surface area contributed by atoms with Crippen molar-refractivity contribution in [2.75, 3.05) is 6.61 Å². The lowest BCUT2D eigenvalue weighted by atomic mass is 10.1. The highest BCUT2D eigenvalue weighted by atomic mass is 19.3. The fraction of sp³-hybridized carbons (Fsp3) is 0.133. The molecule has 0 spiro atoms. The molecule has 2 rings (SSSR count). The highest BCUT2D eigenvalue weighted by Gasteiger charge is 2.32. The third kappa shape index (κ3) is 3.53. The zero-order valence-corrected chi connectivity index (χ0v) is 10.9. The van der Waals surface area contributed by atoms with Gasteiger partial charge >= 0.3 is 5.92 Å². The smallest absolute Gasteiger partial charge is 0.306 e. The van der Waals surface area contributed by atoms with Crippen LogP contribution in [0.25, 0.3) is 0 Å². The van der Waals surface area contributed by atoms with Gasteiger partial charge in [0.2, 0.25) is 0 Å². The van der Waals surface area contributed by atoms with E-state index in [2.05, 4.69) is 0 Å². The van der Waals surface area contributed by atoms with Crippen molar-refractivity contribution in [3.8, 4) is 5.75 Å². The largest absolute Gasteiger partial charge is 0.484 e. The maximum atomic E-state index is 13.9. The van der Waals surface area contributed by atoms with Gasteiger partial charge in [0, 0.05) is 11.1 Å². The van der Waals surface area contributed by atoms with Gasteiger partial charge in [-0.05, 0) is 18.2 Å². The molecular weight excluding hydrogens is 281 g/mol. The molecule has 3 nitrogen and oxygen atoms in total. The Kier molecular flexibility index (Phi) is 4.16. The predicted octanol–water partition coefficient (Wildman–Crippen LogP) is 3.28. The minimum atomic E-state index is -3.23. The summed E-state index contributed by atoms with van der Waals surface area (Å²) in [4.78, 5) is 0. The second-order valence-corrected chi connectivity index (χ2v) is 4.42. The molecule has 0 heterocycles. The van der Waals surface area contributed by atoms with Gasteiger partial charge in [-0.1, -0.05) is 30.3 Å². The van der Waals surface area contributed by atoms with Crippen molar-refractivity contribution in [2.24, 2.45) is 5.73 Å². The number of hydrogen-bond donors (Lipinski definition) is 2. The van der Waals surface area contributed by atoms with Crippen LogP contribution >= 0.6 is 0 Å². The Morgan fingerprint density at radius 1 is 1.14 bits per heavy atom. The molecule has 0 saturated carbocycles. The number of nitrogens with one attached hydrogen (secondary N) is 1. The molecule has 0 aliphatic rings. The summed E-state index contributed by atoms with van der Waals surface area (Å²) in [6, 6.07) is 10.6. The summed E-state index contributed by atoms with van der Waals surface area (Å²) in [5.41, 5.74) is 5.17. The third-order valence-corrected chi connectivity index (χ3v) is 2.85. The number of ether oxygens (including phenoxy) is 1. The van der Waals surface area contributed by atoms with Gasteiger partial charge in [0.05, 0.1) is 0 Å². The number of hydrogen-bond acceptors (Lipinski definition) is 2. The third-order valence-electron chi connectivity index (χ3n) is 2.85. The van der Waals surface area contributed by atoms with Gasteiger partial charge in [0.15, 0.2) is 18.2 Å². The van der Waals surface area contributed by atoms with Gasteiger partial charge < -0.3 is 10.5 Å². The minimum absolute atomic E-state index is 0.162. The average Bonchev–Trinajstić information content (AvgIpc) is 2.46. The standard InChI is InChI=1S/C15H13F3N2O/c16-12-8-10(14(19)20)6-7-13(12)21-9-15(17,18)11-4-2-1-3-5-11/h1-8H,9H2,(H3,19,20). The van der Waals surface area contributed by atoms with Crippen molar-refractivity contribution in [3.63, 3.8) is 0 Å². The van der Waals surface area contributed by atoms with E-state index < -0.39 is 18.3 Å². The number of amidine groups is 1. The highest BCUT2D eigenvalue weighted by Crippen LogP contribution is 2.29. The summed E-state index contributed by atoms with van der Waals surface area (Å²) in [5, 5.41) is 7.17. The van der Waals surface area contributed by atoms with Gasteiger partial charge in [0.1, 0.15) is 5.84 Å². The van der Waals surface area contributed by atoms with E-state index in [0.717, 1.165) is 6.07 Å². The fourth-order valence-electron chi connectivity index (χ4n) is 1.72. The number of nitrogens with two attached hydrogens (primary N) is 1. The lowest BCUT2D eigenvalue weighted by Gasteiger charge is -2.17. The van der Waals surface area contributed by atoms with Gasteiger partial charge in [-0.15, -0.1) is 0 Å². The Labute approximate surface area is 119 Å². The van der Waals surface area contributed by atoms with E-state index >= 15 is 0 Å². The first-order valence-electron chi connectivity index (χ1n) is 6.10. The molecule has 2 aromatic carbocycles. The second-order valence-electron chi connectivity index (χ2n) is 4.42. The number of halogens is 3. The first-order valence-corrected chi connectivity index (χ1v) is 6.10. The minimum Gasteiger partial charge on any atom is -0.484 e. The number of alkyl halides is 2. The molecule has 0 radical (unpaired) electrons. The van der Waals surface area contributed by atoms with Crippen molar-refractivity contribution < 1.29 is 17.9 Å². The number of nitrogen functional groups attached to an aromatic ring is 1. The summed E-state index contributed by atoms with van der Waals surface area (Å²) in [6.45, 7) is -0.979. The van der Waals surface area contributed by atoms with Crippen molar-refractivity contribution in [3.05, 3.63) is 65.5 Å². The Hall–Kier alpha value is -2.50. The maximum Gasteiger partial charge on any atom is 0.306 e. The van der Waals surface area contributed by atoms with Crippen LogP contribution < -0.4 is 10.5 Å². The van der Waals surface area contributed by atoms with Crippen LogP contribution in [0.4, 0.5) is 13.2 Å². The lowest BCUT2D eigenvalue weighted by Crippen LogP contribution is -2.23.